The number of carbonyl (C=O) groups excluding carboxylic acids is 1. The zero-order chi connectivity index (χ0) is 17.2. The summed E-state index contributed by atoms with van der Waals surface area (Å²) in [6.45, 7) is 2.83. The summed E-state index contributed by atoms with van der Waals surface area (Å²) in [6.07, 6.45) is 2.95. The van der Waals surface area contributed by atoms with Crippen molar-refractivity contribution < 1.29 is 9.53 Å². The summed E-state index contributed by atoms with van der Waals surface area (Å²) in [6, 6.07) is 7.56. The molecule has 1 amide bonds. The van der Waals surface area contributed by atoms with Crippen molar-refractivity contribution in [1.29, 1.82) is 0 Å². The van der Waals surface area contributed by atoms with E-state index in [2.05, 4.69) is 15.2 Å². The highest BCUT2D eigenvalue weighted by atomic mass is 32.1. The van der Waals surface area contributed by atoms with E-state index in [4.69, 9.17) is 4.74 Å². The van der Waals surface area contributed by atoms with Gasteiger partial charge < -0.3 is 15.0 Å². The quantitative estimate of drug-likeness (QED) is 0.775. The van der Waals surface area contributed by atoms with Gasteiger partial charge in [0, 0.05) is 30.9 Å². The van der Waals surface area contributed by atoms with Crippen LogP contribution in [0.5, 0.6) is 0 Å². The van der Waals surface area contributed by atoms with E-state index in [1.807, 2.05) is 24.3 Å². The fourth-order valence-corrected chi connectivity index (χ4v) is 3.50. The molecule has 4 rings (SSSR count). The predicted molar refractivity (Wildman–Crippen MR) is 96.8 cm³/mol. The highest BCUT2D eigenvalue weighted by Gasteiger charge is 2.18. The van der Waals surface area contributed by atoms with Crippen LogP contribution in [0.15, 0.2) is 46.8 Å². The fourth-order valence-electron chi connectivity index (χ4n) is 2.83. The highest BCUT2D eigenvalue weighted by Crippen LogP contribution is 2.26. The lowest BCUT2D eigenvalue weighted by molar-refractivity contribution is 0.102. The maximum Gasteiger partial charge on any atom is 0.271 e. The van der Waals surface area contributed by atoms with Crippen molar-refractivity contribution in [3.63, 3.8) is 0 Å². The van der Waals surface area contributed by atoms with Crippen LogP contribution in [-0.4, -0.2) is 41.6 Å². The number of rotatable bonds is 3. The number of benzene rings is 1. The minimum atomic E-state index is -0.459. The summed E-state index contributed by atoms with van der Waals surface area (Å²) in [5.74, 6) is -0.459. The monoisotopic (exact) mass is 356 g/mol. The third kappa shape index (κ3) is 3.01. The van der Waals surface area contributed by atoms with Gasteiger partial charge in [-0.25, -0.2) is 4.98 Å². The molecule has 0 radical (unpaired) electrons. The van der Waals surface area contributed by atoms with E-state index in [9.17, 15) is 9.59 Å². The number of hydrogen-bond acceptors (Lipinski definition) is 6. The smallest absolute Gasteiger partial charge is 0.271 e. The van der Waals surface area contributed by atoms with Crippen LogP contribution in [0.4, 0.5) is 11.4 Å². The second-order valence-electron chi connectivity index (χ2n) is 5.60. The van der Waals surface area contributed by atoms with Crippen molar-refractivity contribution in [2.45, 2.75) is 0 Å². The Labute approximate surface area is 147 Å². The molecule has 8 heteroatoms. The summed E-state index contributed by atoms with van der Waals surface area (Å²) in [5, 5.41) is 4.61. The van der Waals surface area contributed by atoms with Gasteiger partial charge in [0.25, 0.3) is 11.5 Å². The number of amides is 1. The number of aromatic nitrogens is 2. The maximum atomic E-state index is 12.6. The predicted octanol–water partition coefficient (Wildman–Crippen LogP) is 1.84. The normalized spacial score (nSPS) is 14.6. The molecule has 0 spiro atoms. The molecule has 1 aliphatic heterocycles. The maximum absolute atomic E-state index is 12.6. The Morgan fingerprint density at radius 2 is 2.04 bits per heavy atom. The molecule has 0 atom stereocenters. The summed E-state index contributed by atoms with van der Waals surface area (Å²) < 4.78 is 6.76. The third-order valence-corrected chi connectivity index (χ3v) is 4.86. The van der Waals surface area contributed by atoms with Crippen LogP contribution in [-0.2, 0) is 4.74 Å². The van der Waals surface area contributed by atoms with Crippen LogP contribution < -0.4 is 15.8 Å². The fraction of sp³-hybridized carbons (Fsp3) is 0.235. The molecule has 0 bridgehead atoms. The number of nitrogens with zero attached hydrogens (tertiary/aromatic N) is 3. The number of thiazole rings is 1. The zero-order valence-electron chi connectivity index (χ0n) is 13.3. The Morgan fingerprint density at radius 3 is 2.88 bits per heavy atom. The van der Waals surface area contributed by atoms with Gasteiger partial charge in [-0.1, -0.05) is 12.1 Å². The van der Waals surface area contributed by atoms with Crippen LogP contribution in [0.25, 0.3) is 4.96 Å². The average Bonchev–Trinajstić information content (AvgIpc) is 3.13. The summed E-state index contributed by atoms with van der Waals surface area (Å²) >= 11 is 1.35. The van der Waals surface area contributed by atoms with Gasteiger partial charge in [0.15, 0.2) is 4.96 Å². The van der Waals surface area contributed by atoms with E-state index in [-0.39, 0.29) is 11.1 Å². The van der Waals surface area contributed by atoms with Gasteiger partial charge in [0.2, 0.25) is 0 Å². The SMILES string of the molecule is O=C(Nc1ccccc1N1CCOCC1)c1cnc2sccn2c1=O. The number of anilines is 2. The minimum Gasteiger partial charge on any atom is -0.378 e. The van der Waals surface area contributed by atoms with Gasteiger partial charge >= 0.3 is 0 Å². The van der Waals surface area contributed by atoms with E-state index in [1.54, 1.807) is 11.6 Å². The lowest BCUT2D eigenvalue weighted by Crippen LogP contribution is -2.37. The lowest BCUT2D eigenvalue weighted by Gasteiger charge is -2.30. The van der Waals surface area contributed by atoms with E-state index in [0.717, 1.165) is 18.8 Å². The van der Waals surface area contributed by atoms with Gasteiger partial charge in [-0.3, -0.25) is 14.0 Å². The van der Waals surface area contributed by atoms with E-state index in [0.29, 0.717) is 23.9 Å². The number of nitrogens with one attached hydrogen (secondary N) is 1. The first-order valence-electron chi connectivity index (χ1n) is 7.92. The van der Waals surface area contributed by atoms with Gasteiger partial charge in [-0.05, 0) is 12.1 Å². The average molecular weight is 356 g/mol. The molecule has 2 aromatic heterocycles. The second-order valence-corrected chi connectivity index (χ2v) is 6.48. The van der Waals surface area contributed by atoms with Crippen molar-refractivity contribution in [1.82, 2.24) is 9.38 Å². The number of hydrogen-bond donors (Lipinski definition) is 1. The highest BCUT2D eigenvalue weighted by molar-refractivity contribution is 7.15. The Morgan fingerprint density at radius 1 is 1.24 bits per heavy atom. The lowest BCUT2D eigenvalue weighted by atomic mass is 10.2. The van der Waals surface area contributed by atoms with Crippen molar-refractivity contribution in [2.75, 3.05) is 36.5 Å². The molecule has 25 heavy (non-hydrogen) atoms. The molecule has 0 aliphatic carbocycles. The van der Waals surface area contributed by atoms with Crippen LogP contribution in [0.1, 0.15) is 10.4 Å². The molecule has 1 aromatic carbocycles. The number of carbonyl (C=O) groups is 1. The molecule has 1 aliphatic rings. The summed E-state index contributed by atoms with van der Waals surface area (Å²) in [4.78, 5) is 32.0. The minimum absolute atomic E-state index is 0.0210. The Hall–Kier alpha value is -2.71. The Balaban J connectivity index is 1.64. The van der Waals surface area contributed by atoms with Crippen molar-refractivity contribution in [3.8, 4) is 0 Å². The largest absolute Gasteiger partial charge is 0.378 e. The molecule has 3 aromatic rings. The first-order chi connectivity index (χ1) is 12.2. The summed E-state index contributed by atoms with van der Waals surface area (Å²) in [7, 11) is 0. The first kappa shape index (κ1) is 15.8. The molecule has 1 saturated heterocycles. The van der Waals surface area contributed by atoms with Crippen molar-refractivity contribution in [3.05, 3.63) is 58.0 Å². The van der Waals surface area contributed by atoms with Crippen LogP contribution in [0, 0.1) is 0 Å². The summed E-state index contributed by atoms with van der Waals surface area (Å²) in [5.41, 5.74) is 1.24. The van der Waals surface area contributed by atoms with Crippen LogP contribution in [0.3, 0.4) is 0 Å². The first-order valence-corrected chi connectivity index (χ1v) is 8.80. The molecular formula is C17H16N4O3S. The zero-order valence-corrected chi connectivity index (χ0v) is 14.2. The Bertz CT molecular complexity index is 975. The Kier molecular flexibility index (Phi) is 4.21. The van der Waals surface area contributed by atoms with E-state index < -0.39 is 5.91 Å². The van der Waals surface area contributed by atoms with Gasteiger partial charge in [-0.2, -0.15) is 0 Å². The van der Waals surface area contributed by atoms with Gasteiger partial charge in [0.1, 0.15) is 5.56 Å². The topological polar surface area (TPSA) is 75.9 Å². The standard InChI is InChI=1S/C17H16N4O3S/c22-15(12-11-18-17-21(16(12)23)7-10-25-17)19-13-3-1-2-4-14(13)20-5-8-24-9-6-20/h1-4,7,10-11H,5-6,8-9H2,(H,19,22). The molecule has 128 valence electrons. The molecule has 1 N–H and O–H groups in total. The van der Waals surface area contributed by atoms with Crippen molar-refractivity contribution >= 4 is 33.6 Å². The van der Waals surface area contributed by atoms with E-state index >= 15 is 0 Å². The number of ether oxygens (including phenoxy) is 1. The number of morpholine rings is 1. The van der Waals surface area contributed by atoms with E-state index in [1.165, 1.54) is 21.9 Å². The molecule has 0 saturated carbocycles. The molecule has 1 fully saturated rings. The van der Waals surface area contributed by atoms with Crippen LogP contribution in [0.2, 0.25) is 0 Å². The van der Waals surface area contributed by atoms with Gasteiger partial charge in [0.05, 0.1) is 24.6 Å². The number of fused-ring (bicyclic) bond motifs is 1. The second kappa shape index (κ2) is 6.66. The molecular weight excluding hydrogens is 340 g/mol. The number of para-hydroxylation sites is 2. The molecule has 7 nitrogen and oxygen atoms in total. The van der Waals surface area contributed by atoms with Gasteiger partial charge in [-0.15, -0.1) is 11.3 Å². The molecule has 0 unspecified atom stereocenters. The third-order valence-electron chi connectivity index (χ3n) is 4.09. The molecule has 3 heterocycles. The van der Waals surface area contributed by atoms with Crippen molar-refractivity contribution in [2.24, 2.45) is 0 Å². The van der Waals surface area contributed by atoms with Crippen LogP contribution >= 0.6 is 11.3 Å².